The third-order valence-electron chi connectivity index (χ3n) is 4.04. The zero-order valence-electron chi connectivity index (χ0n) is 13.5. The van der Waals surface area contributed by atoms with Gasteiger partial charge in [0, 0.05) is 31.4 Å². The maximum Gasteiger partial charge on any atom is 0.0415 e. The van der Waals surface area contributed by atoms with E-state index < -0.39 is 0 Å². The van der Waals surface area contributed by atoms with Gasteiger partial charge >= 0.3 is 0 Å². The lowest BCUT2D eigenvalue weighted by Crippen LogP contribution is -2.46. The van der Waals surface area contributed by atoms with Gasteiger partial charge in [0.15, 0.2) is 0 Å². The van der Waals surface area contributed by atoms with Gasteiger partial charge in [-0.2, -0.15) is 0 Å². The van der Waals surface area contributed by atoms with Crippen molar-refractivity contribution in [3.05, 3.63) is 41.5 Å². The average Bonchev–Trinajstić information content (AvgIpc) is 2.55. The molecular formula is C18H28N2. The Balaban J connectivity index is 2.30. The molecule has 1 unspecified atom stereocenters. The van der Waals surface area contributed by atoms with E-state index in [2.05, 4.69) is 75.2 Å². The van der Waals surface area contributed by atoms with E-state index in [1.54, 1.807) is 0 Å². The van der Waals surface area contributed by atoms with Crippen molar-refractivity contribution < 1.29 is 0 Å². The number of anilines is 1. The molecule has 0 saturated carbocycles. The minimum atomic E-state index is 0.269. The maximum atomic E-state index is 3.73. The lowest BCUT2D eigenvalue weighted by atomic mass is 9.86. The Hall–Kier alpha value is -1.28. The molecule has 1 aliphatic rings. The van der Waals surface area contributed by atoms with Crippen LogP contribution in [0.25, 0.3) is 0 Å². The van der Waals surface area contributed by atoms with E-state index in [1.165, 1.54) is 16.8 Å². The molecule has 0 spiro atoms. The Morgan fingerprint density at radius 1 is 1.30 bits per heavy atom. The Labute approximate surface area is 123 Å². The molecule has 0 amide bonds. The predicted molar refractivity (Wildman–Crippen MR) is 88.2 cm³/mol. The molecule has 2 nitrogen and oxygen atoms in total. The number of benzene rings is 1. The number of nitrogens with one attached hydrogen (secondary N) is 1. The van der Waals surface area contributed by atoms with E-state index in [9.17, 15) is 0 Å². The van der Waals surface area contributed by atoms with Gasteiger partial charge in [-0.15, -0.1) is 0 Å². The van der Waals surface area contributed by atoms with Gasteiger partial charge in [0.05, 0.1) is 0 Å². The minimum Gasteiger partial charge on any atom is -0.366 e. The summed E-state index contributed by atoms with van der Waals surface area (Å²) in [5, 5.41) is 3.73. The number of rotatable bonds is 2. The van der Waals surface area contributed by atoms with Crippen molar-refractivity contribution in [3.8, 4) is 0 Å². The molecule has 2 heteroatoms. The summed E-state index contributed by atoms with van der Waals surface area (Å²) in [5.74, 6) is 0. The van der Waals surface area contributed by atoms with Crippen LogP contribution in [0.15, 0.2) is 35.9 Å². The topological polar surface area (TPSA) is 15.3 Å². The molecule has 20 heavy (non-hydrogen) atoms. The van der Waals surface area contributed by atoms with Crippen molar-refractivity contribution in [2.45, 2.75) is 47.2 Å². The smallest absolute Gasteiger partial charge is 0.0415 e. The molecule has 1 aromatic rings. The molecule has 1 N–H and O–H groups in total. The Morgan fingerprint density at radius 3 is 2.65 bits per heavy atom. The van der Waals surface area contributed by atoms with Crippen molar-refractivity contribution in [1.82, 2.24) is 5.32 Å². The van der Waals surface area contributed by atoms with Crippen LogP contribution in [0, 0.1) is 5.41 Å². The van der Waals surface area contributed by atoms with Gasteiger partial charge in [0.25, 0.3) is 0 Å². The molecule has 1 aliphatic heterocycles. The van der Waals surface area contributed by atoms with Crippen molar-refractivity contribution in [2.75, 3.05) is 18.0 Å². The van der Waals surface area contributed by atoms with Gasteiger partial charge in [0.1, 0.15) is 0 Å². The summed E-state index contributed by atoms with van der Waals surface area (Å²) in [7, 11) is 0. The van der Waals surface area contributed by atoms with E-state index in [0.717, 1.165) is 19.6 Å². The van der Waals surface area contributed by atoms with Crippen molar-refractivity contribution in [3.63, 3.8) is 0 Å². The highest BCUT2D eigenvalue weighted by Crippen LogP contribution is 2.28. The molecule has 1 aromatic carbocycles. The summed E-state index contributed by atoms with van der Waals surface area (Å²) in [4.78, 5) is 2.51. The number of hydrogen-bond donors (Lipinski definition) is 1. The van der Waals surface area contributed by atoms with Crippen LogP contribution in [0.4, 0.5) is 5.69 Å². The van der Waals surface area contributed by atoms with Gasteiger partial charge in [-0.3, -0.25) is 0 Å². The van der Waals surface area contributed by atoms with E-state index >= 15 is 0 Å². The van der Waals surface area contributed by atoms with Gasteiger partial charge < -0.3 is 10.2 Å². The van der Waals surface area contributed by atoms with Crippen LogP contribution in [-0.4, -0.2) is 19.1 Å². The van der Waals surface area contributed by atoms with Gasteiger partial charge in [-0.1, -0.05) is 50.6 Å². The molecule has 0 radical (unpaired) electrons. The van der Waals surface area contributed by atoms with Gasteiger partial charge in [-0.25, -0.2) is 0 Å². The number of para-hydroxylation sites is 1. The van der Waals surface area contributed by atoms with Gasteiger partial charge in [-0.05, 0) is 30.9 Å². The summed E-state index contributed by atoms with van der Waals surface area (Å²) in [6, 6.07) is 9.27. The average molecular weight is 272 g/mol. The van der Waals surface area contributed by atoms with E-state index in [0.29, 0.717) is 6.04 Å². The van der Waals surface area contributed by atoms with Crippen molar-refractivity contribution >= 4 is 5.69 Å². The highest BCUT2D eigenvalue weighted by atomic mass is 15.2. The second-order valence-corrected chi connectivity index (χ2v) is 7.11. The summed E-state index contributed by atoms with van der Waals surface area (Å²) < 4.78 is 0. The van der Waals surface area contributed by atoms with Crippen molar-refractivity contribution in [1.29, 1.82) is 0 Å². The molecule has 0 saturated heterocycles. The molecular weight excluding hydrogens is 244 g/mol. The summed E-state index contributed by atoms with van der Waals surface area (Å²) in [6.07, 6.45) is 2.32. The second-order valence-electron chi connectivity index (χ2n) is 7.11. The first-order valence-electron chi connectivity index (χ1n) is 7.57. The van der Waals surface area contributed by atoms with E-state index in [-0.39, 0.29) is 5.41 Å². The third kappa shape index (κ3) is 3.63. The number of fused-ring (bicyclic) bond motifs is 1. The Kier molecular flexibility index (Phi) is 4.54. The molecule has 0 bridgehead atoms. The van der Waals surface area contributed by atoms with Crippen LogP contribution in [0.5, 0.6) is 0 Å². The monoisotopic (exact) mass is 272 g/mol. The fourth-order valence-electron chi connectivity index (χ4n) is 2.63. The van der Waals surface area contributed by atoms with Crippen LogP contribution < -0.4 is 10.2 Å². The molecule has 1 heterocycles. The molecule has 0 aliphatic carbocycles. The zero-order valence-corrected chi connectivity index (χ0v) is 13.5. The Bertz CT molecular complexity index is 478. The Morgan fingerprint density at radius 2 is 2.00 bits per heavy atom. The maximum absolute atomic E-state index is 3.73. The molecule has 0 fully saturated rings. The highest BCUT2D eigenvalue weighted by molar-refractivity contribution is 5.55. The quantitative estimate of drug-likeness (QED) is 0.819. The molecule has 1 atom stereocenters. The standard InChI is InChI=1S/C18H28N2/c1-14(2)10-11-20-13-17(18(3,4)5)19-12-15-8-6-7-9-16(15)20/h6-10,17,19H,11-13H2,1-5H3. The van der Waals surface area contributed by atoms with Crippen LogP contribution in [0.1, 0.15) is 40.2 Å². The second kappa shape index (κ2) is 6.01. The first-order chi connectivity index (χ1) is 9.38. The first-order valence-corrected chi connectivity index (χ1v) is 7.57. The number of hydrogen-bond acceptors (Lipinski definition) is 2. The number of nitrogens with zero attached hydrogens (tertiary/aromatic N) is 1. The zero-order chi connectivity index (χ0) is 14.8. The van der Waals surface area contributed by atoms with Gasteiger partial charge in [0.2, 0.25) is 0 Å². The van der Waals surface area contributed by atoms with E-state index in [4.69, 9.17) is 0 Å². The lowest BCUT2D eigenvalue weighted by molar-refractivity contribution is 0.273. The SMILES string of the molecule is CC(C)=CCN1CC(C(C)(C)C)NCc2ccccc21. The fraction of sp³-hybridized carbons (Fsp3) is 0.556. The molecule has 2 rings (SSSR count). The minimum absolute atomic E-state index is 0.269. The van der Waals surface area contributed by atoms with Crippen LogP contribution in [-0.2, 0) is 6.54 Å². The van der Waals surface area contributed by atoms with Crippen LogP contribution in [0.2, 0.25) is 0 Å². The first kappa shape index (κ1) is 15.1. The highest BCUT2D eigenvalue weighted by Gasteiger charge is 2.29. The number of allylic oxidation sites excluding steroid dienone is 1. The van der Waals surface area contributed by atoms with E-state index in [1.807, 2.05) is 0 Å². The fourth-order valence-corrected chi connectivity index (χ4v) is 2.63. The van der Waals surface area contributed by atoms with Crippen LogP contribution >= 0.6 is 0 Å². The normalized spacial score (nSPS) is 19.2. The summed E-state index contributed by atoms with van der Waals surface area (Å²) >= 11 is 0. The lowest BCUT2D eigenvalue weighted by Gasteiger charge is -2.34. The van der Waals surface area contributed by atoms with Crippen LogP contribution in [0.3, 0.4) is 0 Å². The summed E-state index contributed by atoms with van der Waals surface area (Å²) in [5.41, 5.74) is 4.43. The molecule has 110 valence electrons. The largest absolute Gasteiger partial charge is 0.366 e. The predicted octanol–water partition coefficient (Wildman–Crippen LogP) is 3.98. The van der Waals surface area contributed by atoms with Crippen molar-refractivity contribution in [2.24, 2.45) is 5.41 Å². The molecule has 0 aromatic heterocycles. The third-order valence-corrected chi connectivity index (χ3v) is 4.04. The summed E-state index contributed by atoms with van der Waals surface area (Å²) in [6.45, 7) is 14.3.